The molecule has 29 heavy (non-hydrogen) atoms. The maximum atomic E-state index is 13.6. The first-order chi connectivity index (χ1) is 13.7. The van der Waals surface area contributed by atoms with Crippen molar-refractivity contribution < 1.29 is 27.5 Å². The van der Waals surface area contributed by atoms with Crippen LogP contribution in [0.25, 0.3) is 11.3 Å². The van der Waals surface area contributed by atoms with Gasteiger partial charge in [-0.1, -0.05) is 11.8 Å². The number of nitriles is 1. The number of nitrogens with zero attached hydrogens (tertiary/aromatic N) is 3. The Bertz CT molecular complexity index is 1020. The van der Waals surface area contributed by atoms with Gasteiger partial charge < -0.3 is 4.74 Å². The monoisotopic (exact) mass is 421 g/mol. The van der Waals surface area contributed by atoms with Crippen LogP contribution in [0.2, 0.25) is 0 Å². The van der Waals surface area contributed by atoms with E-state index in [0.29, 0.717) is 23.1 Å². The van der Waals surface area contributed by atoms with Crippen molar-refractivity contribution in [1.82, 2.24) is 9.88 Å². The third-order valence-electron chi connectivity index (χ3n) is 4.38. The summed E-state index contributed by atoms with van der Waals surface area (Å²) in [6.07, 6.45) is -4.96. The largest absolute Gasteiger partial charge is 0.497 e. The molecule has 0 aliphatic carbocycles. The van der Waals surface area contributed by atoms with Gasteiger partial charge in [-0.2, -0.15) is 18.4 Å². The average molecular weight is 421 g/mol. The number of hydrogen-bond donors (Lipinski definition) is 0. The van der Waals surface area contributed by atoms with Gasteiger partial charge in [0.2, 0.25) is 11.8 Å². The maximum absolute atomic E-state index is 13.6. The van der Waals surface area contributed by atoms with Crippen molar-refractivity contribution in [3.05, 3.63) is 41.5 Å². The SMILES string of the molecule is COc1ccc(-c2cc(C(F)(F)F)c(C#N)c(SC3CC(=O)N(C)C3=O)n2)cc1. The number of aromatic nitrogens is 1. The smallest absolute Gasteiger partial charge is 0.417 e. The van der Waals surface area contributed by atoms with E-state index in [1.165, 1.54) is 14.2 Å². The topological polar surface area (TPSA) is 83.3 Å². The third-order valence-corrected chi connectivity index (χ3v) is 5.55. The quantitative estimate of drug-likeness (QED) is 0.703. The zero-order chi connectivity index (χ0) is 21.3. The van der Waals surface area contributed by atoms with Gasteiger partial charge in [0.05, 0.1) is 29.2 Å². The van der Waals surface area contributed by atoms with Crippen molar-refractivity contribution in [2.45, 2.75) is 22.9 Å². The van der Waals surface area contributed by atoms with E-state index < -0.39 is 34.4 Å². The summed E-state index contributed by atoms with van der Waals surface area (Å²) in [7, 11) is 2.77. The first-order valence-corrected chi connectivity index (χ1v) is 9.17. The number of hydrogen-bond acceptors (Lipinski definition) is 6. The molecule has 0 saturated carbocycles. The van der Waals surface area contributed by atoms with Crippen LogP contribution < -0.4 is 4.74 Å². The van der Waals surface area contributed by atoms with Crippen LogP contribution in [0.15, 0.2) is 35.4 Å². The van der Waals surface area contributed by atoms with Crippen LogP contribution in [0, 0.1) is 11.3 Å². The van der Waals surface area contributed by atoms with Gasteiger partial charge in [-0.15, -0.1) is 0 Å². The number of ether oxygens (including phenoxy) is 1. The minimum absolute atomic E-state index is 0.00777. The number of carbonyl (C=O) groups excluding carboxylic acids is 2. The number of rotatable bonds is 4. The summed E-state index contributed by atoms with van der Waals surface area (Å²) in [6, 6.07) is 8.58. The molecule has 1 aromatic carbocycles. The van der Waals surface area contributed by atoms with Crippen LogP contribution in [0.5, 0.6) is 5.75 Å². The summed E-state index contributed by atoms with van der Waals surface area (Å²) in [4.78, 5) is 29.0. The summed E-state index contributed by atoms with van der Waals surface area (Å²) in [5.74, 6) is -0.450. The number of pyridine rings is 1. The van der Waals surface area contributed by atoms with Crippen LogP contribution >= 0.6 is 11.8 Å². The maximum Gasteiger partial charge on any atom is 0.417 e. The first-order valence-electron chi connectivity index (χ1n) is 8.29. The minimum atomic E-state index is -4.79. The normalized spacial score (nSPS) is 16.8. The number of carbonyl (C=O) groups is 2. The fourth-order valence-electron chi connectivity index (χ4n) is 2.80. The van der Waals surface area contributed by atoms with Crippen molar-refractivity contribution >= 4 is 23.6 Å². The second kappa shape index (κ2) is 7.75. The lowest BCUT2D eigenvalue weighted by atomic mass is 10.1. The summed E-state index contributed by atoms with van der Waals surface area (Å²) >= 11 is 0.694. The Morgan fingerprint density at radius 1 is 1.28 bits per heavy atom. The van der Waals surface area contributed by atoms with Crippen molar-refractivity contribution in [2.75, 3.05) is 14.2 Å². The summed E-state index contributed by atoms with van der Waals surface area (Å²) < 4.78 is 45.9. The van der Waals surface area contributed by atoms with Gasteiger partial charge >= 0.3 is 6.18 Å². The number of alkyl halides is 3. The number of halogens is 3. The van der Waals surface area contributed by atoms with Crippen molar-refractivity contribution in [2.24, 2.45) is 0 Å². The lowest BCUT2D eigenvalue weighted by Crippen LogP contribution is -2.26. The zero-order valence-corrected chi connectivity index (χ0v) is 16.1. The molecule has 1 fully saturated rings. The Morgan fingerprint density at radius 2 is 1.93 bits per heavy atom. The Morgan fingerprint density at radius 3 is 2.41 bits per heavy atom. The molecule has 1 saturated heterocycles. The van der Waals surface area contributed by atoms with E-state index in [-0.39, 0.29) is 17.1 Å². The lowest BCUT2D eigenvalue weighted by Gasteiger charge is -2.16. The molecule has 1 aliphatic heterocycles. The highest BCUT2D eigenvalue weighted by atomic mass is 32.2. The number of likely N-dealkylation sites (tertiary alicyclic amines) is 1. The average Bonchev–Trinajstić information content (AvgIpc) is 2.93. The van der Waals surface area contributed by atoms with E-state index in [0.717, 1.165) is 11.0 Å². The highest BCUT2D eigenvalue weighted by molar-refractivity contribution is 8.00. The molecule has 2 amide bonds. The van der Waals surface area contributed by atoms with E-state index >= 15 is 0 Å². The highest BCUT2D eigenvalue weighted by Crippen LogP contribution is 2.40. The van der Waals surface area contributed by atoms with Gasteiger partial charge in [-0.25, -0.2) is 4.98 Å². The third kappa shape index (κ3) is 4.05. The predicted octanol–water partition coefficient (Wildman–Crippen LogP) is 3.50. The van der Waals surface area contributed by atoms with Crippen LogP contribution in [0.4, 0.5) is 13.2 Å². The summed E-state index contributed by atoms with van der Waals surface area (Å²) in [5.41, 5.74) is -1.44. The minimum Gasteiger partial charge on any atom is -0.497 e. The standard InChI is InChI=1S/C19H14F3N3O3S/c1-25-16(26)8-15(18(25)27)29-17-12(9-23)13(19(20,21)22)7-14(24-17)10-3-5-11(28-2)6-4-10/h3-7,15H,8H2,1-2H3. The Hall–Kier alpha value is -3.06. The van der Waals surface area contributed by atoms with E-state index in [2.05, 4.69) is 4.98 Å². The molecule has 0 spiro atoms. The summed E-state index contributed by atoms with van der Waals surface area (Å²) in [5, 5.41) is 8.18. The molecule has 1 aliphatic rings. The van der Waals surface area contributed by atoms with E-state index in [1.54, 1.807) is 30.3 Å². The van der Waals surface area contributed by atoms with Gasteiger partial charge in [-0.3, -0.25) is 14.5 Å². The molecule has 150 valence electrons. The van der Waals surface area contributed by atoms with Crippen LogP contribution in [-0.4, -0.2) is 41.1 Å². The lowest BCUT2D eigenvalue weighted by molar-refractivity contribution is -0.138. The fraction of sp³-hybridized carbons (Fsp3) is 0.263. The molecular weight excluding hydrogens is 407 g/mol. The summed E-state index contributed by atoms with van der Waals surface area (Å²) in [6.45, 7) is 0. The molecule has 1 aromatic heterocycles. The Kier molecular flexibility index (Phi) is 5.53. The molecule has 3 rings (SSSR count). The molecule has 2 aromatic rings. The molecule has 1 atom stereocenters. The number of benzene rings is 1. The number of methoxy groups -OCH3 is 1. The van der Waals surface area contributed by atoms with Gasteiger partial charge in [0.1, 0.15) is 16.8 Å². The van der Waals surface area contributed by atoms with E-state index in [1.807, 2.05) is 0 Å². The second-order valence-corrected chi connectivity index (χ2v) is 7.37. The number of amides is 2. The predicted molar refractivity (Wildman–Crippen MR) is 98.0 cm³/mol. The van der Waals surface area contributed by atoms with Crippen LogP contribution in [-0.2, 0) is 15.8 Å². The molecular formula is C19H14F3N3O3S. The van der Waals surface area contributed by atoms with Gasteiger partial charge in [0.15, 0.2) is 0 Å². The number of imide groups is 1. The highest BCUT2D eigenvalue weighted by Gasteiger charge is 2.40. The van der Waals surface area contributed by atoms with Crippen molar-refractivity contribution in [1.29, 1.82) is 5.26 Å². The van der Waals surface area contributed by atoms with Crippen molar-refractivity contribution in [3.8, 4) is 23.1 Å². The first kappa shape index (κ1) is 20.7. The van der Waals surface area contributed by atoms with Gasteiger partial charge in [-0.05, 0) is 30.3 Å². The van der Waals surface area contributed by atoms with E-state index in [4.69, 9.17) is 4.74 Å². The molecule has 0 radical (unpaired) electrons. The van der Waals surface area contributed by atoms with E-state index in [9.17, 15) is 28.0 Å². The zero-order valence-electron chi connectivity index (χ0n) is 15.3. The fourth-order valence-corrected chi connectivity index (χ4v) is 3.98. The van der Waals surface area contributed by atoms with Gasteiger partial charge in [0, 0.05) is 19.0 Å². The van der Waals surface area contributed by atoms with Crippen LogP contribution in [0.3, 0.4) is 0 Å². The molecule has 10 heteroatoms. The van der Waals surface area contributed by atoms with Crippen LogP contribution in [0.1, 0.15) is 17.5 Å². The number of thioether (sulfide) groups is 1. The molecule has 0 N–H and O–H groups in total. The molecule has 6 nitrogen and oxygen atoms in total. The molecule has 0 bridgehead atoms. The van der Waals surface area contributed by atoms with Crippen molar-refractivity contribution in [3.63, 3.8) is 0 Å². The van der Waals surface area contributed by atoms with Gasteiger partial charge in [0.25, 0.3) is 0 Å². The molecule has 1 unspecified atom stereocenters. The Balaban J connectivity index is 2.11. The molecule has 2 heterocycles. The Labute approximate surface area is 168 Å². The second-order valence-electron chi connectivity index (χ2n) is 6.17.